The van der Waals surface area contributed by atoms with Gasteiger partial charge in [-0.3, -0.25) is 4.79 Å². The third kappa shape index (κ3) is 8.84. The quantitative estimate of drug-likeness (QED) is 0.404. The van der Waals surface area contributed by atoms with Crippen molar-refractivity contribution >= 4 is 5.97 Å². The lowest BCUT2D eigenvalue weighted by atomic mass is 9.76. The number of hydrogen-bond donors (Lipinski definition) is 2. The summed E-state index contributed by atoms with van der Waals surface area (Å²) >= 11 is 0. The predicted octanol–water partition coefficient (Wildman–Crippen LogP) is 4.97. The van der Waals surface area contributed by atoms with E-state index in [1.54, 1.807) is 0 Å². The SMILES string of the molecule is CC1(C)CC(OCCCCCCOC(=O)C2CC(C)(C)NC(C)(C)C2)CC(C)(C)N1. The maximum Gasteiger partial charge on any atom is 0.309 e. The van der Waals surface area contributed by atoms with Crippen LogP contribution in [0.4, 0.5) is 0 Å². The van der Waals surface area contributed by atoms with E-state index in [1.807, 2.05) is 0 Å². The Balaban J connectivity index is 1.55. The standard InChI is InChI=1S/C25H48N2O3/c1-22(2)15-19(16-23(3,4)26-22)21(28)30-14-12-10-9-11-13-29-20-17-24(5,6)27-25(7,8)18-20/h19-20,26-27H,9-18H2,1-8H3. The fraction of sp³-hybridized carbons (Fsp3) is 0.960. The second kappa shape index (κ2) is 9.87. The number of ether oxygens (including phenoxy) is 2. The molecule has 0 spiro atoms. The average molecular weight is 425 g/mol. The molecule has 0 aliphatic carbocycles. The molecule has 0 aromatic carbocycles. The van der Waals surface area contributed by atoms with Crippen LogP contribution in [0.15, 0.2) is 0 Å². The van der Waals surface area contributed by atoms with Crippen molar-refractivity contribution in [2.45, 2.75) is 135 Å². The molecule has 0 saturated carbocycles. The van der Waals surface area contributed by atoms with E-state index in [1.165, 1.54) is 0 Å². The molecule has 0 amide bonds. The summed E-state index contributed by atoms with van der Waals surface area (Å²) in [6, 6.07) is 0. The number of carbonyl (C=O) groups is 1. The topological polar surface area (TPSA) is 59.6 Å². The van der Waals surface area contributed by atoms with Gasteiger partial charge in [0, 0.05) is 28.8 Å². The lowest BCUT2D eigenvalue weighted by molar-refractivity contribution is -0.152. The van der Waals surface area contributed by atoms with Crippen LogP contribution < -0.4 is 10.6 Å². The van der Waals surface area contributed by atoms with Crippen LogP contribution in [0.3, 0.4) is 0 Å². The Hall–Kier alpha value is -0.650. The molecule has 5 nitrogen and oxygen atoms in total. The highest BCUT2D eigenvalue weighted by atomic mass is 16.5. The highest BCUT2D eigenvalue weighted by Gasteiger charge is 2.41. The molecule has 30 heavy (non-hydrogen) atoms. The van der Waals surface area contributed by atoms with Crippen LogP contribution in [-0.4, -0.2) is 47.4 Å². The zero-order valence-corrected chi connectivity index (χ0v) is 21.0. The number of esters is 1. The molecule has 0 unspecified atom stereocenters. The molecule has 2 fully saturated rings. The van der Waals surface area contributed by atoms with Gasteiger partial charge in [-0.1, -0.05) is 6.42 Å². The van der Waals surface area contributed by atoms with Gasteiger partial charge in [-0.05, 0) is 100 Å². The van der Waals surface area contributed by atoms with Crippen molar-refractivity contribution in [3.8, 4) is 0 Å². The average Bonchev–Trinajstić information content (AvgIpc) is 2.51. The van der Waals surface area contributed by atoms with E-state index in [-0.39, 0.29) is 34.0 Å². The Morgan fingerprint density at radius 3 is 1.63 bits per heavy atom. The van der Waals surface area contributed by atoms with E-state index >= 15 is 0 Å². The molecule has 2 saturated heterocycles. The first kappa shape index (κ1) is 25.6. The molecular weight excluding hydrogens is 376 g/mol. The van der Waals surface area contributed by atoms with Crippen molar-refractivity contribution in [2.24, 2.45) is 5.92 Å². The second-order valence-corrected chi connectivity index (χ2v) is 12.4. The van der Waals surface area contributed by atoms with Crippen LogP contribution in [0, 0.1) is 5.92 Å². The van der Waals surface area contributed by atoms with Gasteiger partial charge in [0.05, 0.1) is 18.6 Å². The first-order chi connectivity index (χ1) is 13.7. The summed E-state index contributed by atoms with van der Waals surface area (Å²) in [6.45, 7) is 19.1. The highest BCUT2D eigenvalue weighted by molar-refractivity contribution is 5.73. The van der Waals surface area contributed by atoms with Crippen LogP contribution in [-0.2, 0) is 14.3 Å². The van der Waals surface area contributed by atoms with E-state index in [2.05, 4.69) is 66.0 Å². The summed E-state index contributed by atoms with van der Waals surface area (Å²) in [4.78, 5) is 12.5. The molecule has 2 aliphatic rings. The summed E-state index contributed by atoms with van der Waals surface area (Å²) in [6.07, 6.45) is 8.40. The Kier molecular flexibility index (Phi) is 8.43. The molecule has 0 atom stereocenters. The van der Waals surface area contributed by atoms with Crippen molar-refractivity contribution < 1.29 is 14.3 Å². The zero-order chi connectivity index (χ0) is 22.6. The van der Waals surface area contributed by atoms with Crippen molar-refractivity contribution in [2.75, 3.05) is 13.2 Å². The molecule has 0 aromatic rings. The van der Waals surface area contributed by atoms with Gasteiger partial charge in [0.2, 0.25) is 0 Å². The molecule has 0 bridgehead atoms. The lowest BCUT2D eigenvalue weighted by Gasteiger charge is -2.46. The minimum Gasteiger partial charge on any atom is -0.465 e. The van der Waals surface area contributed by atoms with Crippen LogP contribution in [0.1, 0.15) is 107 Å². The molecule has 0 radical (unpaired) electrons. The van der Waals surface area contributed by atoms with Gasteiger partial charge in [0.25, 0.3) is 0 Å². The fourth-order valence-electron chi connectivity index (χ4n) is 5.93. The largest absolute Gasteiger partial charge is 0.465 e. The smallest absolute Gasteiger partial charge is 0.309 e. The minimum absolute atomic E-state index is 0.00290. The van der Waals surface area contributed by atoms with Crippen LogP contribution >= 0.6 is 0 Å². The number of carbonyl (C=O) groups excluding carboxylic acids is 1. The monoisotopic (exact) mass is 424 g/mol. The van der Waals surface area contributed by atoms with E-state index in [4.69, 9.17) is 9.47 Å². The third-order valence-electron chi connectivity index (χ3n) is 6.31. The van der Waals surface area contributed by atoms with Crippen LogP contribution in [0.25, 0.3) is 0 Å². The van der Waals surface area contributed by atoms with E-state index in [0.717, 1.165) is 58.0 Å². The molecule has 2 rings (SSSR count). The summed E-state index contributed by atoms with van der Waals surface area (Å²) in [5.41, 5.74) is 0.221. The normalized spacial score (nSPS) is 25.7. The maximum absolute atomic E-state index is 12.5. The molecular formula is C25H48N2O3. The highest BCUT2D eigenvalue weighted by Crippen LogP contribution is 2.33. The maximum atomic E-state index is 12.5. The first-order valence-electron chi connectivity index (χ1n) is 12.1. The molecule has 2 heterocycles. The Morgan fingerprint density at radius 2 is 1.13 bits per heavy atom. The number of nitrogens with one attached hydrogen (secondary N) is 2. The van der Waals surface area contributed by atoms with Crippen LogP contribution in [0.2, 0.25) is 0 Å². The second-order valence-electron chi connectivity index (χ2n) is 12.4. The van der Waals surface area contributed by atoms with Crippen molar-refractivity contribution in [1.82, 2.24) is 10.6 Å². The predicted molar refractivity (Wildman–Crippen MR) is 124 cm³/mol. The Labute approximate surface area is 185 Å². The zero-order valence-electron chi connectivity index (χ0n) is 21.0. The minimum atomic E-state index is -0.0236. The van der Waals surface area contributed by atoms with E-state index in [9.17, 15) is 4.79 Å². The molecule has 2 aliphatic heterocycles. The van der Waals surface area contributed by atoms with Crippen molar-refractivity contribution in [1.29, 1.82) is 0 Å². The molecule has 0 aromatic heterocycles. The number of unbranched alkanes of at least 4 members (excludes halogenated alkanes) is 3. The Bertz CT molecular complexity index is 537. The van der Waals surface area contributed by atoms with E-state index in [0.29, 0.717) is 12.7 Å². The lowest BCUT2D eigenvalue weighted by Crippen LogP contribution is -2.59. The number of piperidine rings is 2. The van der Waals surface area contributed by atoms with Crippen molar-refractivity contribution in [3.05, 3.63) is 0 Å². The summed E-state index contributed by atoms with van der Waals surface area (Å²) in [5, 5.41) is 7.33. The van der Waals surface area contributed by atoms with Gasteiger partial charge >= 0.3 is 5.97 Å². The summed E-state index contributed by atoms with van der Waals surface area (Å²) in [7, 11) is 0. The fourth-order valence-corrected chi connectivity index (χ4v) is 5.93. The van der Waals surface area contributed by atoms with Gasteiger partial charge in [-0.15, -0.1) is 0 Å². The van der Waals surface area contributed by atoms with Gasteiger partial charge in [-0.25, -0.2) is 0 Å². The van der Waals surface area contributed by atoms with E-state index < -0.39 is 0 Å². The number of hydrogen-bond acceptors (Lipinski definition) is 5. The van der Waals surface area contributed by atoms with Gasteiger partial charge in [-0.2, -0.15) is 0 Å². The van der Waals surface area contributed by atoms with Gasteiger partial charge < -0.3 is 20.1 Å². The molecule has 5 heteroatoms. The third-order valence-corrected chi connectivity index (χ3v) is 6.31. The first-order valence-corrected chi connectivity index (χ1v) is 12.1. The van der Waals surface area contributed by atoms with Gasteiger partial charge in [0.15, 0.2) is 0 Å². The summed E-state index contributed by atoms with van der Waals surface area (Å²) in [5.74, 6) is -0.0137. The molecule has 2 N–H and O–H groups in total. The van der Waals surface area contributed by atoms with Crippen LogP contribution in [0.5, 0.6) is 0 Å². The number of rotatable bonds is 9. The van der Waals surface area contributed by atoms with Gasteiger partial charge in [0.1, 0.15) is 0 Å². The van der Waals surface area contributed by atoms with Crippen molar-refractivity contribution in [3.63, 3.8) is 0 Å². The summed E-state index contributed by atoms with van der Waals surface area (Å²) < 4.78 is 11.8. The molecule has 176 valence electrons. The Morgan fingerprint density at radius 1 is 0.700 bits per heavy atom.